The molecule has 1 aliphatic rings. The van der Waals surface area contributed by atoms with Gasteiger partial charge in [0, 0.05) is 20.7 Å². The van der Waals surface area contributed by atoms with Crippen LogP contribution in [0.15, 0.2) is 44.9 Å². The number of hydrogen-bond acceptors (Lipinski definition) is 5. The molecule has 2 aromatic rings. The third-order valence-electron chi connectivity index (χ3n) is 3.13. The zero-order chi connectivity index (χ0) is 16.8. The van der Waals surface area contributed by atoms with Crippen LogP contribution < -0.4 is 0 Å². The van der Waals surface area contributed by atoms with E-state index in [-0.39, 0.29) is 11.5 Å². The van der Waals surface area contributed by atoms with E-state index in [1.807, 2.05) is 18.2 Å². The van der Waals surface area contributed by atoms with Crippen molar-refractivity contribution in [2.75, 3.05) is 5.75 Å². The number of hydrogen-bond donors (Lipinski definition) is 0. The standard InChI is InChI=1S/C13H7BrF3NO3S2/c14-8-2-3-9-7(5-8)1-4-11-12(9)10(6-22-11)18-21-23(19,20)13(15,16)17/h1-5H,6H2/b18-10-. The van der Waals surface area contributed by atoms with Gasteiger partial charge in [-0.2, -0.15) is 21.6 Å². The van der Waals surface area contributed by atoms with Crippen LogP contribution in [-0.4, -0.2) is 25.4 Å². The highest BCUT2D eigenvalue weighted by Crippen LogP contribution is 2.38. The summed E-state index contributed by atoms with van der Waals surface area (Å²) in [5.41, 5.74) is -4.75. The number of oxime groups is 1. The molecule has 10 heteroatoms. The predicted molar refractivity (Wildman–Crippen MR) is 85.0 cm³/mol. The fraction of sp³-hybridized carbons (Fsp3) is 0.154. The van der Waals surface area contributed by atoms with E-state index in [1.165, 1.54) is 11.8 Å². The summed E-state index contributed by atoms with van der Waals surface area (Å²) >= 11 is 4.70. The van der Waals surface area contributed by atoms with Crippen LogP contribution in [0.2, 0.25) is 0 Å². The Hall–Kier alpha value is -1.26. The molecular formula is C13H7BrF3NO3S2. The van der Waals surface area contributed by atoms with E-state index in [2.05, 4.69) is 25.4 Å². The summed E-state index contributed by atoms with van der Waals surface area (Å²) in [5.74, 6) is 0.234. The van der Waals surface area contributed by atoms with E-state index in [4.69, 9.17) is 0 Å². The zero-order valence-corrected chi connectivity index (χ0v) is 14.3. The summed E-state index contributed by atoms with van der Waals surface area (Å²) in [6.45, 7) is 0. The van der Waals surface area contributed by atoms with Crippen LogP contribution in [-0.2, 0) is 14.4 Å². The number of nitrogens with zero attached hydrogens (tertiary/aromatic N) is 1. The molecule has 122 valence electrons. The summed E-state index contributed by atoms with van der Waals surface area (Å²) in [4.78, 5) is 0.812. The largest absolute Gasteiger partial charge is 0.536 e. The van der Waals surface area contributed by atoms with E-state index in [1.54, 1.807) is 12.1 Å². The van der Waals surface area contributed by atoms with E-state index < -0.39 is 15.6 Å². The Bertz CT molecular complexity index is 926. The van der Waals surface area contributed by atoms with Crippen molar-refractivity contribution in [3.8, 4) is 0 Å². The second kappa shape index (κ2) is 5.67. The lowest BCUT2D eigenvalue weighted by molar-refractivity contribution is -0.0540. The van der Waals surface area contributed by atoms with Gasteiger partial charge in [-0.05, 0) is 29.0 Å². The third kappa shape index (κ3) is 3.07. The van der Waals surface area contributed by atoms with Crippen LogP contribution in [0.3, 0.4) is 0 Å². The molecule has 1 heterocycles. The average Bonchev–Trinajstić information content (AvgIpc) is 2.87. The summed E-state index contributed by atoms with van der Waals surface area (Å²) in [7, 11) is -5.75. The van der Waals surface area contributed by atoms with Crippen LogP contribution in [0.4, 0.5) is 13.2 Å². The summed E-state index contributed by atoms with van der Waals surface area (Å²) in [6, 6.07) is 9.12. The molecule has 3 rings (SSSR count). The number of rotatable bonds is 2. The molecule has 0 saturated carbocycles. The predicted octanol–water partition coefficient (Wildman–Crippen LogP) is 4.28. The molecule has 0 unspecified atom stereocenters. The van der Waals surface area contributed by atoms with Gasteiger partial charge in [0.25, 0.3) is 0 Å². The number of halogens is 4. The van der Waals surface area contributed by atoms with Gasteiger partial charge in [-0.3, -0.25) is 4.28 Å². The van der Waals surface area contributed by atoms with E-state index >= 15 is 0 Å². The maximum absolute atomic E-state index is 12.3. The summed E-state index contributed by atoms with van der Waals surface area (Å²) in [6.07, 6.45) is 0. The second-order valence-corrected chi connectivity index (χ2v) is 8.06. The fourth-order valence-corrected chi connectivity index (χ4v) is 3.80. The maximum atomic E-state index is 12.3. The summed E-state index contributed by atoms with van der Waals surface area (Å²) < 4.78 is 63.5. The van der Waals surface area contributed by atoms with Gasteiger partial charge in [0.15, 0.2) is 0 Å². The minimum atomic E-state index is -5.75. The van der Waals surface area contributed by atoms with Crippen molar-refractivity contribution in [1.29, 1.82) is 0 Å². The minimum Gasteiger partial charge on any atom is -0.262 e. The Balaban J connectivity index is 2.06. The average molecular weight is 426 g/mol. The van der Waals surface area contributed by atoms with Gasteiger partial charge in [-0.25, -0.2) is 0 Å². The van der Waals surface area contributed by atoms with E-state index in [0.717, 1.165) is 20.1 Å². The van der Waals surface area contributed by atoms with Gasteiger partial charge >= 0.3 is 15.6 Å². The zero-order valence-electron chi connectivity index (χ0n) is 11.1. The molecule has 0 saturated heterocycles. The number of alkyl halides is 3. The molecule has 0 aromatic heterocycles. The first kappa shape index (κ1) is 16.6. The van der Waals surface area contributed by atoms with Gasteiger partial charge in [-0.1, -0.05) is 33.2 Å². The molecule has 0 aliphatic carbocycles. The van der Waals surface area contributed by atoms with Crippen molar-refractivity contribution in [1.82, 2.24) is 0 Å². The topological polar surface area (TPSA) is 55.7 Å². The van der Waals surface area contributed by atoms with Crippen LogP contribution in [0.1, 0.15) is 5.56 Å². The van der Waals surface area contributed by atoms with Crippen LogP contribution in [0.25, 0.3) is 10.8 Å². The lowest BCUT2D eigenvalue weighted by Crippen LogP contribution is -2.24. The first-order chi connectivity index (χ1) is 10.7. The maximum Gasteiger partial charge on any atom is 0.536 e. The Morgan fingerprint density at radius 1 is 1.22 bits per heavy atom. The lowest BCUT2D eigenvalue weighted by atomic mass is 10.0. The van der Waals surface area contributed by atoms with E-state index in [0.29, 0.717) is 5.56 Å². The number of fused-ring (bicyclic) bond motifs is 3. The van der Waals surface area contributed by atoms with Crippen molar-refractivity contribution in [3.63, 3.8) is 0 Å². The monoisotopic (exact) mass is 425 g/mol. The van der Waals surface area contributed by atoms with Crippen LogP contribution in [0, 0.1) is 0 Å². The Morgan fingerprint density at radius 2 is 1.96 bits per heavy atom. The minimum absolute atomic E-state index is 0.158. The molecular weight excluding hydrogens is 419 g/mol. The van der Waals surface area contributed by atoms with Gasteiger partial charge in [-0.15, -0.1) is 11.8 Å². The van der Waals surface area contributed by atoms with Crippen molar-refractivity contribution >= 4 is 54.3 Å². The molecule has 2 aromatic carbocycles. The Morgan fingerprint density at radius 3 is 2.65 bits per heavy atom. The second-order valence-electron chi connectivity index (χ2n) is 4.61. The van der Waals surface area contributed by atoms with Gasteiger partial charge in [0.05, 0.1) is 0 Å². The molecule has 0 bridgehead atoms. The Labute approximate surface area is 141 Å². The third-order valence-corrected chi connectivity index (χ3v) is 5.53. The normalized spacial score (nSPS) is 16.8. The summed E-state index contributed by atoms with van der Waals surface area (Å²) in [5, 5.41) is 4.87. The van der Waals surface area contributed by atoms with Gasteiger partial charge in [0.1, 0.15) is 5.71 Å². The van der Waals surface area contributed by atoms with Crippen LogP contribution >= 0.6 is 27.7 Å². The first-order valence-corrected chi connectivity index (χ1v) is 9.30. The van der Waals surface area contributed by atoms with Gasteiger partial charge < -0.3 is 0 Å². The SMILES string of the molecule is O=S(=O)(O/N=C1/CSc2ccc3cc(Br)ccc3c21)C(F)(F)F. The smallest absolute Gasteiger partial charge is 0.262 e. The van der Waals surface area contributed by atoms with Gasteiger partial charge in [0.2, 0.25) is 0 Å². The number of thioether (sulfide) groups is 1. The van der Waals surface area contributed by atoms with Crippen molar-refractivity contribution in [3.05, 3.63) is 40.4 Å². The molecule has 0 fully saturated rings. The molecule has 0 spiro atoms. The fourth-order valence-electron chi connectivity index (χ4n) is 2.13. The highest BCUT2D eigenvalue weighted by molar-refractivity contribution is 9.10. The Kier molecular flexibility index (Phi) is 4.09. The highest BCUT2D eigenvalue weighted by atomic mass is 79.9. The highest BCUT2D eigenvalue weighted by Gasteiger charge is 2.49. The first-order valence-electron chi connectivity index (χ1n) is 6.11. The van der Waals surface area contributed by atoms with Crippen LogP contribution in [0.5, 0.6) is 0 Å². The van der Waals surface area contributed by atoms with Crippen molar-refractivity contribution in [2.45, 2.75) is 10.4 Å². The van der Waals surface area contributed by atoms with Crippen molar-refractivity contribution in [2.24, 2.45) is 5.16 Å². The molecule has 1 aliphatic heterocycles. The van der Waals surface area contributed by atoms with E-state index in [9.17, 15) is 21.6 Å². The molecule has 0 N–H and O–H groups in total. The molecule has 23 heavy (non-hydrogen) atoms. The lowest BCUT2D eigenvalue weighted by Gasteiger charge is -2.07. The molecule has 0 amide bonds. The molecule has 4 nitrogen and oxygen atoms in total. The molecule has 0 atom stereocenters. The number of benzene rings is 2. The quantitative estimate of drug-likeness (QED) is 0.532. The molecule has 0 radical (unpaired) electrons. The van der Waals surface area contributed by atoms with Crippen molar-refractivity contribution < 1.29 is 25.9 Å².